The summed E-state index contributed by atoms with van der Waals surface area (Å²) in [5, 5.41) is 4.01. The first-order chi connectivity index (χ1) is 9.44. The minimum Gasteiger partial charge on any atom is -0.311 e. The van der Waals surface area contributed by atoms with E-state index in [4.69, 9.17) is 11.6 Å². The van der Waals surface area contributed by atoms with Gasteiger partial charge in [0, 0.05) is 22.6 Å². The summed E-state index contributed by atoms with van der Waals surface area (Å²) in [6.45, 7) is 0. The zero-order chi connectivity index (χ0) is 14.3. The summed E-state index contributed by atoms with van der Waals surface area (Å²) in [6, 6.07) is 5.60. The van der Waals surface area contributed by atoms with Crippen molar-refractivity contribution < 1.29 is 8.42 Å². The van der Waals surface area contributed by atoms with Gasteiger partial charge in [0.15, 0.2) is 0 Å². The molecule has 2 bridgehead atoms. The van der Waals surface area contributed by atoms with Gasteiger partial charge in [0.25, 0.3) is 0 Å². The van der Waals surface area contributed by atoms with Crippen molar-refractivity contribution in [2.45, 2.75) is 48.7 Å². The van der Waals surface area contributed by atoms with Crippen molar-refractivity contribution in [2.75, 3.05) is 0 Å². The van der Waals surface area contributed by atoms with Gasteiger partial charge in [-0.1, -0.05) is 11.6 Å². The fourth-order valence-electron chi connectivity index (χ4n) is 3.08. The molecule has 21 heavy (non-hydrogen) atoms. The first-order valence-corrected chi connectivity index (χ1v) is 9.33. The number of halogens is 3. The minimum absolute atomic E-state index is 0. The SMILES string of the molecule is Cl.O=S(=O)(NC1CC2CCC(C1)N2)c1ccc(Cl)c(Br)c1. The molecule has 0 aliphatic carbocycles. The first-order valence-electron chi connectivity index (χ1n) is 6.67. The molecule has 2 fully saturated rings. The van der Waals surface area contributed by atoms with Crippen LogP contribution < -0.4 is 10.0 Å². The maximum Gasteiger partial charge on any atom is 0.240 e. The van der Waals surface area contributed by atoms with Crippen LogP contribution in [0.15, 0.2) is 27.6 Å². The summed E-state index contributed by atoms with van der Waals surface area (Å²) in [7, 11) is -3.48. The van der Waals surface area contributed by atoms with E-state index in [1.165, 1.54) is 6.07 Å². The third-order valence-electron chi connectivity index (χ3n) is 4.00. The molecule has 2 atom stereocenters. The van der Waals surface area contributed by atoms with Crippen molar-refractivity contribution in [1.29, 1.82) is 0 Å². The Hall–Kier alpha value is 0.150. The Kier molecular flexibility index (Phi) is 5.60. The molecule has 0 saturated carbocycles. The van der Waals surface area contributed by atoms with Crippen LogP contribution in [-0.2, 0) is 10.0 Å². The molecule has 1 aromatic rings. The van der Waals surface area contributed by atoms with Crippen molar-refractivity contribution in [3.63, 3.8) is 0 Å². The smallest absolute Gasteiger partial charge is 0.240 e. The fraction of sp³-hybridized carbons (Fsp3) is 0.538. The molecule has 2 N–H and O–H groups in total. The van der Waals surface area contributed by atoms with E-state index in [9.17, 15) is 8.42 Å². The van der Waals surface area contributed by atoms with Crippen molar-refractivity contribution in [3.05, 3.63) is 27.7 Å². The van der Waals surface area contributed by atoms with Gasteiger partial charge >= 0.3 is 0 Å². The Labute approximate surface area is 144 Å². The van der Waals surface area contributed by atoms with Gasteiger partial charge in [-0.25, -0.2) is 13.1 Å². The lowest BCUT2D eigenvalue weighted by atomic mass is 10.0. The summed E-state index contributed by atoms with van der Waals surface area (Å²) >= 11 is 9.16. The number of hydrogen-bond acceptors (Lipinski definition) is 3. The predicted molar refractivity (Wildman–Crippen MR) is 89.7 cm³/mol. The Morgan fingerprint density at radius 1 is 1.24 bits per heavy atom. The average Bonchev–Trinajstić information content (AvgIpc) is 2.71. The fourth-order valence-corrected chi connectivity index (χ4v) is 5.02. The van der Waals surface area contributed by atoms with E-state index in [0.29, 0.717) is 21.6 Å². The van der Waals surface area contributed by atoms with Gasteiger partial charge in [-0.05, 0) is 59.8 Å². The highest BCUT2D eigenvalue weighted by atomic mass is 79.9. The van der Waals surface area contributed by atoms with Crippen LogP contribution in [0.1, 0.15) is 25.7 Å². The Morgan fingerprint density at radius 2 is 1.86 bits per heavy atom. The molecule has 2 aliphatic heterocycles. The predicted octanol–water partition coefficient (Wildman–Crippen LogP) is 3.09. The minimum atomic E-state index is -3.48. The third-order valence-corrected chi connectivity index (χ3v) is 6.73. The second-order valence-electron chi connectivity index (χ2n) is 5.50. The van der Waals surface area contributed by atoms with Gasteiger partial charge < -0.3 is 5.32 Å². The van der Waals surface area contributed by atoms with Crippen LogP contribution in [0, 0.1) is 0 Å². The summed E-state index contributed by atoms with van der Waals surface area (Å²) in [4.78, 5) is 0.250. The number of fused-ring (bicyclic) bond motifs is 2. The number of sulfonamides is 1. The van der Waals surface area contributed by atoms with Crippen molar-refractivity contribution >= 4 is 50.0 Å². The van der Waals surface area contributed by atoms with E-state index in [2.05, 4.69) is 26.0 Å². The Bertz CT molecular complexity index is 615. The maximum atomic E-state index is 12.4. The van der Waals surface area contributed by atoms with Crippen molar-refractivity contribution in [1.82, 2.24) is 10.0 Å². The highest BCUT2D eigenvalue weighted by Gasteiger charge is 2.35. The topological polar surface area (TPSA) is 58.2 Å². The van der Waals surface area contributed by atoms with Crippen molar-refractivity contribution in [2.24, 2.45) is 0 Å². The molecule has 4 nitrogen and oxygen atoms in total. The molecule has 118 valence electrons. The highest BCUT2D eigenvalue weighted by molar-refractivity contribution is 9.10. The molecular formula is C13H17BrCl2N2O2S. The first kappa shape index (κ1) is 17.5. The molecule has 2 saturated heterocycles. The van der Waals surface area contributed by atoms with Gasteiger partial charge in [0.05, 0.1) is 9.92 Å². The van der Waals surface area contributed by atoms with E-state index in [-0.39, 0.29) is 23.3 Å². The van der Waals surface area contributed by atoms with Crippen molar-refractivity contribution in [3.8, 4) is 0 Å². The lowest BCUT2D eigenvalue weighted by molar-refractivity contribution is 0.345. The van der Waals surface area contributed by atoms with Gasteiger partial charge in [-0.15, -0.1) is 12.4 Å². The molecule has 0 aromatic heterocycles. The number of piperidine rings is 1. The van der Waals surface area contributed by atoms with E-state index < -0.39 is 10.0 Å². The van der Waals surface area contributed by atoms with Gasteiger partial charge in [-0.2, -0.15) is 0 Å². The van der Waals surface area contributed by atoms with Crippen LogP contribution in [0.25, 0.3) is 0 Å². The largest absolute Gasteiger partial charge is 0.311 e. The summed E-state index contributed by atoms with van der Waals surface area (Å²) < 4.78 is 28.2. The zero-order valence-corrected chi connectivity index (χ0v) is 15.2. The van der Waals surface area contributed by atoms with E-state index in [1.807, 2.05) is 0 Å². The Balaban J connectivity index is 0.00000161. The van der Waals surface area contributed by atoms with E-state index in [0.717, 1.165) is 25.7 Å². The molecule has 0 radical (unpaired) electrons. The standard InChI is InChI=1S/C13H16BrClN2O2S.ClH/c14-12-7-11(3-4-13(12)15)20(18,19)17-10-5-8-1-2-9(6-10)16-8;/h3-4,7-10,16-17H,1-2,5-6H2;1H. The third kappa shape index (κ3) is 3.92. The van der Waals surface area contributed by atoms with Gasteiger partial charge in [0.1, 0.15) is 0 Å². The second-order valence-corrected chi connectivity index (χ2v) is 8.48. The van der Waals surface area contributed by atoms with Crippen LogP contribution in [0.2, 0.25) is 5.02 Å². The molecule has 3 rings (SSSR count). The van der Waals surface area contributed by atoms with Gasteiger partial charge in [-0.3, -0.25) is 0 Å². The molecule has 0 amide bonds. The van der Waals surface area contributed by atoms with Crippen LogP contribution in [0.4, 0.5) is 0 Å². The molecule has 0 spiro atoms. The average molecular weight is 416 g/mol. The lowest BCUT2D eigenvalue weighted by Crippen LogP contribution is -2.47. The molecule has 2 heterocycles. The number of hydrogen-bond donors (Lipinski definition) is 2. The van der Waals surface area contributed by atoms with Crippen LogP contribution in [-0.4, -0.2) is 26.5 Å². The molecular weight excluding hydrogens is 399 g/mol. The molecule has 2 unspecified atom stereocenters. The zero-order valence-electron chi connectivity index (χ0n) is 11.2. The van der Waals surface area contributed by atoms with Gasteiger partial charge in [0.2, 0.25) is 10.0 Å². The quantitative estimate of drug-likeness (QED) is 0.797. The van der Waals surface area contributed by atoms with E-state index >= 15 is 0 Å². The second kappa shape index (κ2) is 6.72. The van der Waals surface area contributed by atoms with Crippen LogP contribution in [0.3, 0.4) is 0 Å². The normalized spacial score (nSPS) is 28.2. The molecule has 2 aliphatic rings. The maximum absolute atomic E-state index is 12.4. The monoisotopic (exact) mass is 414 g/mol. The molecule has 8 heteroatoms. The van der Waals surface area contributed by atoms with E-state index in [1.54, 1.807) is 12.1 Å². The Morgan fingerprint density at radius 3 is 2.43 bits per heavy atom. The number of benzene rings is 1. The summed E-state index contributed by atoms with van der Waals surface area (Å²) in [5.41, 5.74) is 0. The lowest BCUT2D eigenvalue weighted by Gasteiger charge is -2.29. The van der Waals surface area contributed by atoms with Crippen LogP contribution in [0.5, 0.6) is 0 Å². The summed E-state index contributed by atoms with van der Waals surface area (Å²) in [6.07, 6.45) is 4.03. The summed E-state index contributed by atoms with van der Waals surface area (Å²) in [5.74, 6) is 0. The molecule has 1 aromatic carbocycles. The number of rotatable bonds is 3. The number of nitrogens with one attached hydrogen (secondary N) is 2. The highest BCUT2D eigenvalue weighted by Crippen LogP contribution is 2.29. The van der Waals surface area contributed by atoms with Crippen LogP contribution >= 0.6 is 39.9 Å².